The van der Waals surface area contributed by atoms with Crippen LogP contribution in [0.4, 0.5) is 0 Å². The van der Waals surface area contributed by atoms with Crippen LogP contribution in [0.15, 0.2) is 18.2 Å². The topological polar surface area (TPSA) is 81.7 Å². The Balaban J connectivity index is 0.000000516. The molecule has 6 heteroatoms. The number of rotatable bonds is 23. The zero-order chi connectivity index (χ0) is 28.6. The molecule has 0 atom stereocenters. The van der Waals surface area contributed by atoms with Gasteiger partial charge >= 0.3 is 0 Å². The maximum absolute atomic E-state index is 10.5. The molecule has 1 aromatic heterocycles. The van der Waals surface area contributed by atoms with Crippen LogP contribution in [0.3, 0.4) is 0 Å². The fourth-order valence-corrected chi connectivity index (χ4v) is 9.83. The van der Waals surface area contributed by atoms with Gasteiger partial charge in [0.1, 0.15) is 5.52 Å². The zero-order valence-electron chi connectivity index (χ0n) is 25.9. The highest BCUT2D eigenvalue weighted by molar-refractivity contribution is 7.75. The lowest BCUT2D eigenvalue weighted by Gasteiger charge is -2.27. The molecule has 0 fully saturated rings. The number of nitrogens with zero attached hydrogens (tertiary/aromatic N) is 2. The van der Waals surface area contributed by atoms with Gasteiger partial charge in [-0.1, -0.05) is 115 Å². The molecule has 0 saturated heterocycles. The van der Waals surface area contributed by atoms with E-state index >= 15 is 0 Å². The predicted molar refractivity (Wildman–Crippen MR) is 170 cm³/mol. The van der Waals surface area contributed by atoms with Crippen LogP contribution in [0.1, 0.15) is 154 Å². The molecule has 2 aromatic rings. The molecule has 0 aliphatic carbocycles. The largest absolute Gasteiger partial charge is 0.545 e. The summed E-state index contributed by atoms with van der Waals surface area (Å²) in [6.45, 7) is 9.52. The van der Waals surface area contributed by atoms with Crippen molar-refractivity contribution in [1.82, 2.24) is 15.4 Å². The molecule has 0 saturated carbocycles. The van der Waals surface area contributed by atoms with Crippen molar-refractivity contribution in [2.45, 2.75) is 143 Å². The average Bonchev–Trinajstić information content (AvgIpc) is 3.43. The van der Waals surface area contributed by atoms with Gasteiger partial charge in [-0.25, -0.2) is 0 Å². The molecular weight excluding hydrogens is 501 g/mol. The van der Waals surface area contributed by atoms with Gasteiger partial charge in [-0.3, -0.25) is 5.10 Å². The van der Waals surface area contributed by atoms with Gasteiger partial charge in [-0.05, 0) is 51.5 Å². The number of benzene rings is 1. The van der Waals surface area contributed by atoms with E-state index in [1.807, 2.05) is 0 Å². The number of aromatic carboxylic acids is 1. The van der Waals surface area contributed by atoms with E-state index < -0.39 is 13.2 Å². The number of hydrogen-bond donors (Lipinski definition) is 1. The minimum atomic E-state index is -1.24. The molecule has 0 radical (unpaired) electrons. The maximum Gasteiger partial charge on any atom is 0.121 e. The third kappa shape index (κ3) is 15.8. The third-order valence-electron chi connectivity index (χ3n) is 8.21. The zero-order valence-corrected chi connectivity index (χ0v) is 26.8. The average molecular weight is 562 g/mol. The minimum absolute atomic E-state index is 0.0567. The highest BCUT2D eigenvalue weighted by atomic mass is 31.2. The molecule has 1 heterocycles. The van der Waals surface area contributed by atoms with Crippen molar-refractivity contribution < 1.29 is 9.90 Å². The first-order valence-electron chi connectivity index (χ1n) is 16.4. The summed E-state index contributed by atoms with van der Waals surface area (Å²) >= 11 is 0. The first-order valence-corrected chi connectivity index (χ1v) is 18.9. The van der Waals surface area contributed by atoms with E-state index in [9.17, 15) is 9.90 Å². The van der Waals surface area contributed by atoms with Crippen LogP contribution in [-0.4, -0.2) is 46.0 Å². The Bertz CT molecular complexity index is 814. The number of H-pyrrole nitrogens is 1. The van der Waals surface area contributed by atoms with Gasteiger partial charge in [0.2, 0.25) is 0 Å². The second-order valence-corrected chi connectivity index (χ2v) is 16.1. The highest BCUT2D eigenvalue weighted by Crippen LogP contribution is 2.60. The van der Waals surface area contributed by atoms with Crippen molar-refractivity contribution in [3.8, 4) is 0 Å². The van der Waals surface area contributed by atoms with Crippen molar-refractivity contribution >= 4 is 24.3 Å². The van der Waals surface area contributed by atoms with Crippen LogP contribution in [0.25, 0.3) is 11.0 Å². The fourth-order valence-electron chi connectivity index (χ4n) is 5.53. The summed E-state index contributed by atoms with van der Waals surface area (Å²) in [6, 6.07) is 4.73. The number of fused-ring (bicyclic) bond motifs is 1. The first-order chi connectivity index (χ1) is 19.0. The summed E-state index contributed by atoms with van der Waals surface area (Å²) in [5, 5.41) is 20.2. The Morgan fingerprint density at radius 2 is 1.13 bits per heavy atom. The molecule has 1 N–H and O–H groups in total. The molecule has 5 nitrogen and oxygen atoms in total. The number of carboxylic acids is 1. The SMILES string of the molecule is CCCCCCCC[P+](CC)(CCCCCCCC)CCCCCCCC.O=C([O-])c1cccc2[nH]nnc12. The van der Waals surface area contributed by atoms with E-state index in [4.69, 9.17) is 0 Å². The van der Waals surface area contributed by atoms with Crippen molar-refractivity contribution in [1.29, 1.82) is 0 Å². The van der Waals surface area contributed by atoms with Gasteiger partial charge in [-0.15, -0.1) is 5.10 Å². The van der Waals surface area contributed by atoms with Gasteiger partial charge in [0, 0.05) is 12.8 Å². The van der Waals surface area contributed by atoms with Gasteiger partial charge < -0.3 is 9.90 Å². The predicted octanol–water partition coefficient (Wildman–Crippen LogP) is 9.43. The normalized spacial score (nSPS) is 11.5. The number of aromatic nitrogens is 3. The minimum Gasteiger partial charge on any atom is -0.545 e. The molecule has 0 unspecified atom stereocenters. The van der Waals surface area contributed by atoms with Gasteiger partial charge in [-0.2, -0.15) is 0 Å². The summed E-state index contributed by atoms with van der Waals surface area (Å²) in [5.41, 5.74) is 0.982. The number of carboxylic acid groups (broad SMARTS) is 1. The van der Waals surface area contributed by atoms with E-state index in [0.29, 0.717) is 11.0 Å². The lowest BCUT2D eigenvalue weighted by Crippen LogP contribution is -2.22. The molecule has 0 bridgehead atoms. The summed E-state index contributed by atoms with van der Waals surface area (Å²) in [4.78, 5) is 10.5. The van der Waals surface area contributed by atoms with Gasteiger partial charge in [0.05, 0.1) is 36.1 Å². The Hall–Kier alpha value is -1.48. The number of aromatic amines is 1. The van der Waals surface area contributed by atoms with E-state index in [1.54, 1.807) is 30.6 Å². The lowest BCUT2D eigenvalue weighted by molar-refractivity contribution is -0.254. The molecule has 0 aliphatic heterocycles. The van der Waals surface area contributed by atoms with Crippen molar-refractivity contribution in [2.24, 2.45) is 0 Å². The standard InChI is InChI=1S/C26H56P.C7H5N3O2/c1-5-9-12-15-18-21-24-27(8-4,25-22-19-16-13-10-6-2)26-23-20-17-14-11-7-3;11-7(12)4-2-1-3-5-6(4)9-10-8-5/h5-26H2,1-4H3;1-3H,(H,11,12)(H,8,9,10)/q+1;/p-1. The first kappa shape index (κ1) is 35.5. The Morgan fingerprint density at radius 1 is 0.692 bits per heavy atom. The third-order valence-corrected chi connectivity index (χ3v) is 13.3. The quantitative estimate of drug-likeness (QED) is 0.108. The Kier molecular flexibility index (Phi) is 21.2. The second kappa shape index (κ2) is 23.2. The van der Waals surface area contributed by atoms with E-state index in [-0.39, 0.29) is 5.56 Å². The Labute approximate surface area is 241 Å². The summed E-state index contributed by atoms with van der Waals surface area (Å²) in [6.07, 6.45) is 32.9. The summed E-state index contributed by atoms with van der Waals surface area (Å²) < 4.78 is 0. The van der Waals surface area contributed by atoms with Crippen LogP contribution in [0.2, 0.25) is 0 Å². The van der Waals surface area contributed by atoms with Crippen molar-refractivity contribution in [2.75, 3.05) is 24.6 Å². The number of carbonyl (C=O) groups excluding carboxylic acids is 1. The van der Waals surface area contributed by atoms with Crippen LogP contribution in [0.5, 0.6) is 0 Å². The van der Waals surface area contributed by atoms with E-state index in [2.05, 4.69) is 43.1 Å². The number of carbonyl (C=O) groups is 1. The lowest BCUT2D eigenvalue weighted by atomic mass is 10.1. The maximum atomic E-state index is 10.5. The fraction of sp³-hybridized carbons (Fsp3) is 0.788. The Morgan fingerprint density at radius 3 is 1.54 bits per heavy atom. The van der Waals surface area contributed by atoms with Crippen molar-refractivity contribution in [3.63, 3.8) is 0 Å². The molecule has 2 rings (SSSR count). The van der Waals surface area contributed by atoms with Crippen LogP contribution < -0.4 is 5.11 Å². The summed E-state index contributed by atoms with van der Waals surface area (Å²) in [5.74, 6) is -1.24. The monoisotopic (exact) mass is 561 g/mol. The molecular formula is C33H60N3O2P. The molecule has 224 valence electrons. The number of unbranched alkanes of at least 4 members (excludes halogenated alkanes) is 15. The van der Waals surface area contributed by atoms with Crippen LogP contribution in [0, 0.1) is 0 Å². The molecule has 0 spiro atoms. The molecule has 39 heavy (non-hydrogen) atoms. The van der Waals surface area contributed by atoms with Crippen LogP contribution >= 0.6 is 7.26 Å². The van der Waals surface area contributed by atoms with Gasteiger partial charge in [0.25, 0.3) is 0 Å². The number of nitrogens with one attached hydrogen (secondary N) is 1. The van der Waals surface area contributed by atoms with E-state index in [1.165, 1.54) is 128 Å². The van der Waals surface area contributed by atoms with Gasteiger partial charge in [0.15, 0.2) is 0 Å². The van der Waals surface area contributed by atoms with Crippen LogP contribution in [-0.2, 0) is 0 Å². The smallest absolute Gasteiger partial charge is 0.121 e. The molecule has 0 amide bonds. The second-order valence-electron chi connectivity index (χ2n) is 11.4. The molecule has 1 aromatic carbocycles. The van der Waals surface area contributed by atoms with E-state index in [0.717, 1.165) is 0 Å². The number of hydrogen-bond acceptors (Lipinski definition) is 4. The highest BCUT2D eigenvalue weighted by Gasteiger charge is 2.33. The van der Waals surface area contributed by atoms with Crippen molar-refractivity contribution in [3.05, 3.63) is 23.8 Å². The molecule has 0 aliphatic rings. The summed E-state index contributed by atoms with van der Waals surface area (Å²) in [7, 11) is -0.644.